The highest BCUT2D eigenvalue weighted by atomic mass is 19.1. The number of hydrogen-bond donors (Lipinski definition) is 3. The summed E-state index contributed by atoms with van der Waals surface area (Å²) in [6, 6.07) is 3.57. The summed E-state index contributed by atoms with van der Waals surface area (Å²) in [5.41, 5.74) is 0.741. The Bertz CT molecular complexity index is 984. The molecule has 2 saturated carbocycles. The van der Waals surface area contributed by atoms with E-state index in [0.717, 1.165) is 6.54 Å². The smallest absolute Gasteiger partial charge is 0.245 e. The molecule has 3 N–H and O–H groups in total. The highest BCUT2D eigenvalue weighted by Crippen LogP contribution is 2.50. The van der Waals surface area contributed by atoms with Gasteiger partial charge in [-0.15, -0.1) is 0 Å². The third kappa shape index (κ3) is 7.29. The molecular formula is C28H42FN5O3. The van der Waals surface area contributed by atoms with Crippen LogP contribution in [0.3, 0.4) is 0 Å². The van der Waals surface area contributed by atoms with Crippen LogP contribution >= 0.6 is 0 Å². The average molecular weight is 516 g/mol. The molecular weight excluding hydrogens is 473 g/mol. The lowest BCUT2D eigenvalue weighted by Crippen LogP contribution is -2.58. The molecule has 1 aromatic carbocycles. The highest BCUT2D eigenvalue weighted by Gasteiger charge is 2.42. The molecule has 37 heavy (non-hydrogen) atoms. The third-order valence-electron chi connectivity index (χ3n) is 8.34. The fourth-order valence-electron chi connectivity index (χ4n) is 5.30. The zero-order valence-electron chi connectivity index (χ0n) is 22.6. The van der Waals surface area contributed by atoms with E-state index in [1.165, 1.54) is 31.7 Å². The minimum absolute atomic E-state index is 0.138. The normalized spacial score (nSPS) is 22.0. The summed E-state index contributed by atoms with van der Waals surface area (Å²) in [5, 5.41) is 8.51. The fraction of sp³-hybridized carbons (Fsp3) is 0.679. The van der Waals surface area contributed by atoms with Crippen LogP contribution in [-0.2, 0) is 20.8 Å². The Kier molecular flexibility index (Phi) is 8.85. The largest absolute Gasteiger partial charge is 0.343 e. The van der Waals surface area contributed by atoms with Gasteiger partial charge in [-0.25, -0.2) is 4.39 Å². The van der Waals surface area contributed by atoms with Gasteiger partial charge in [0, 0.05) is 38.5 Å². The summed E-state index contributed by atoms with van der Waals surface area (Å²) in [4.78, 5) is 42.7. The minimum atomic E-state index is -0.809. The molecule has 0 aromatic heterocycles. The number of nitrogens with zero attached hydrogens (tertiary/aromatic N) is 2. The summed E-state index contributed by atoms with van der Waals surface area (Å²) in [6.07, 6.45) is 5.43. The van der Waals surface area contributed by atoms with E-state index < -0.39 is 17.9 Å². The first-order chi connectivity index (χ1) is 17.7. The van der Waals surface area contributed by atoms with Crippen molar-refractivity contribution >= 4 is 23.4 Å². The Labute approximate surface area is 219 Å². The molecule has 1 heterocycles. The molecule has 0 radical (unpaired) electrons. The van der Waals surface area contributed by atoms with Crippen LogP contribution in [0.15, 0.2) is 18.2 Å². The van der Waals surface area contributed by atoms with Crippen molar-refractivity contribution in [3.8, 4) is 0 Å². The van der Waals surface area contributed by atoms with E-state index in [9.17, 15) is 14.4 Å². The number of anilines is 1. The first-order valence-corrected chi connectivity index (χ1v) is 13.7. The van der Waals surface area contributed by atoms with E-state index in [4.69, 9.17) is 0 Å². The first kappa shape index (κ1) is 27.5. The van der Waals surface area contributed by atoms with E-state index in [1.54, 1.807) is 31.0 Å². The molecule has 0 spiro atoms. The topological polar surface area (TPSA) is 93.8 Å². The van der Waals surface area contributed by atoms with Crippen LogP contribution < -0.4 is 16.0 Å². The van der Waals surface area contributed by atoms with Gasteiger partial charge in [-0.2, -0.15) is 0 Å². The van der Waals surface area contributed by atoms with Gasteiger partial charge in [0.25, 0.3) is 0 Å². The lowest BCUT2D eigenvalue weighted by atomic mass is 9.94. The molecule has 1 unspecified atom stereocenters. The summed E-state index contributed by atoms with van der Waals surface area (Å²) < 4.78 is 15.0. The molecule has 4 rings (SSSR count). The predicted octanol–water partition coefficient (Wildman–Crippen LogP) is 2.39. The number of nitrogens with one attached hydrogen (secondary N) is 3. The molecule has 3 fully saturated rings. The molecule has 3 amide bonds. The second-order valence-electron chi connectivity index (χ2n) is 11.3. The van der Waals surface area contributed by atoms with E-state index in [2.05, 4.69) is 27.8 Å². The number of benzene rings is 1. The molecule has 3 atom stereocenters. The second kappa shape index (κ2) is 11.9. The zero-order valence-corrected chi connectivity index (χ0v) is 22.6. The van der Waals surface area contributed by atoms with Crippen molar-refractivity contribution in [3.63, 3.8) is 0 Å². The quantitative estimate of drug-likeness (QED) is 0.421. The Morgan fingerprint density at radius 1 is 1.11 bits per heavy atom. The highest BCUT2D eigenvalue weighted by molar-refractivity contribution is 5.91. The molecule has 0 bridgehead atoms. The Morgan fingerprint density at radius 3 is 2.35 bits per heavy atom. The summed E-state index contributed by atoms with van der Waals surface area (Å²) >= 11 is 0. The number of carbonyl (C=O) groups excluding carboxylic acids is 3. The van der Waals surface area contributed by atoms with Gasteiger partial charge in [0.1, 0.15) is 11.9 Å². The summed E-state index contributed by atoms with van der Waals surface area (Å²) in [6.45, 7) is 5.70. The van der Waals surface area contributed by atoms with Crippen LogP contribution in [0.2, 0.25) is 0 Å². The van der Waals surface area contributed by atoms with Crippen LogP contribution in [0, 0.1) is 23.6 Å². The van der Waals surface area contributed by atoms with Crippen molar-refractivity contribution in [2.45, 2.75) is 70.5 Å². The van der Waals surface area contributed by atoms with Crippen LogP contribution in [0.25, 0.3) is 0 Å². The Hall–Kier alpha value is -2.52. The van der Waals surface area contributed by atoms with Gasteiger partial charge in [-0.1, -0.05) is 6.07 Å². The van der Waals surface area contributed by atoms with Crippen LogP contribution in [0.5, 0.6) is 0 Å². The average Bonchev–Trinajstić information content (AvgIpc) is 3.78. The van der Waals surface area contributed by atoms with Gasteiger partial charge in [0.15, 0.2) is 0 Å². The maximum atomic E-state index is 15.0. The standard InChI is InChI=1S/C28H42FN5O3/c1-17-16-34(12-11-33(17)4)28(37)25(32-27(36)18(2)30-3)14-19-5-10-24(23(29)13-19)31-26(35)15-22(20-6-7-20)21-8-9-21/h5,10,13,17-18,20-22,25,30H,6-9,11-12,14-16H2,1-4H3,(H,31,35)(H,32,36)/t17-,18+,25?/m1/s1. The number of carbonyl (C=O) groups is 3. The monoisotopic (exact) mass is 515 g/mol. The molecule has 3 aliphatic rings. The maximum Gasteiger partial charge on any atom is 0.245 e. The zero-order chi connectivity index (χ0) is 26.7. The number of halogens is 1. The Balaban J connectivity index is 1.42. The SMILES string of the molecule is CN[C@@H](C)C(=O)NC(Cc1ccc(NC(=O)CC(C2CC2)C2CC2)c(F)c1)C(=O)N1CCN(C)[C@H](C)C1. The van der Waals surface area contributed by atoms with Crippen molar-refractivity contribution in [2.24, 2.45) is 17.8 Å². The van der Waals surface area contributed by atoms with Gasteiger partial charge >= 0.3 is 0 Å². The lowest BCUT2D eigenvalue weighted by molar-refractivity contribution is -0.139. The number of rotatable bonds is 11. The van der Waals surface area contributed by atoms with Crippen molar-refractivity contribution < 1.29 is 18.8 Å². The van der Waals surface area contributed by atoms with Gasteiger partial charge in [-0.3, -0.25) is 14.4 Å². The van der Waals surface area contributed by atoms with Crippen molar-refractivity contribution in [1.82, 2.24) is 20.4 Å². The lowest BCUT2D eigenvalue weighted by Gasteiger charge is -2.39. The van der Waals surface area contributed by atoms with Crippen molar-refractivity contribution in [1.29, 1.82) is 0 Å². The number of hydrogen-bond acceptors (Lipinski definition) is 5. The number of likely N-dealkylation sites (N-methyl/N-ethyl adjacent to an activating group) is 2. The molecule has 1 saturated heterocycles. The van der Waals surface area contributed by atoms with Crippen LogP contribution in [-0.4, -0.2) is 79.4 Å². The fourth-order valence-corrected chi connectivity index (χ4v) is 5.30. The van der Waals surface area contributed by atoms with Crippen LogP contribution in [0.1, 0.15) is 51.5 Å². The maximum absolute atomic E-state index is 15.0. The van der Waals surface area contributed by atoms with Gasteiger partial charge in [0.2, 0.25) is 17.7 Å². The molecule has 1 aliphatic heterocycles. The van der Waals surface area contributed by atoms with E-state index in [-0.39, 0.29) is 35.9 Å². The van der Waals surface area contributed by atoms with Crippen LogP contribution in [0.4, 0.5) is 10.1 Å². The van der Waals surface area contributed by atoms with Gasteiger partial charge in [0.05, 0.1) is 11.7 Å². The predicted molar refractivity (Wildman–Crippen MR) is 141 cm³/mol. The van der Waals surface area contributed by atoms with E-state index in [0.29, 0.717) is 42.8 Å². The van der Waals surface area contributed by atoms with Crippen molar-refractivity contribution in [3.05, 3.63) is 29.6 Å². The molecule has 1 aromatic rings. The van der Waals surface area contributed by atoms with Gasteiger partial charge in [-0.05, 0) is 89.1 Å². The Morgan fingerprint density at radius 2 is 1.78 bits per heavy atom. The minimum Gasteiger partial charge on any atom is -0.343 e. The molecule has 2 aliphatic carbocycles. The molecule has 204 valence electrons. The summed E-state index contributed by atoms with van der Waals surface area (Å²) in [5.74, 6) is 0.618. The molecule has 9 heteroatoms. The summed E-state index contributed by atoms with van der Waals surface area (Å²) in [7, 11) is 3.71. The van der Waals surface area contributed by atoms with E-state index in [1.807, 2.05) is 7.05 Å². The van der Waals surface area contributed by atoms with Crippen molar-refractivity contribution in [2.75, 3.05) is 39.0 Å². The third-order valence-corrected chi connectivity index (χ3v) is 8.34. The first-order valence-electron chi connectivity index (χ1n) is 13.7. The van der Waals surface area contributed by atoms with E-state index >= 15 is 4.39 Å². The second-order valence-corrected chi connectivity index (χ2v) is 11.3. The number of amides is 3. The molecule has 8 nitrogen and oxygen atoms in total. The van der Waals surface area contributed by atoms with Gasteiger partial charge < -0.3 is 25.8 Å². The number of piperazine rings is 1.